The molecule has 1 amide bonds. The Hall–Kier alpha value is -2.55. The molecule has 1 saturated carbocycles. The van der Waals surface area contributed by atoms with Crippen molar-refractivity contribution >= 4 is 40.3 Å². The highest BCUT2D eigenvalue weighted by Gasteiger charge is 2.24. The molecule has 0 saturated heterocycles. The second-order valence-corrected chi connectivity index (χ2v) is 7.60. The van der Waals surface area contributed by atoms with Crippen molar-refractivity contribution in [3.8, 4) is 11.1 Å². The highest BCUT2D eigenvalue weighted by atomic mass is 127. The molecule has 2 aromatic heterocycles. The minimum Gasteiger partial charge on any atom is -0.320 e. The van der Waals surface area contributed by atoms with Crippen molar-refractivity contribution in [3.63, 3.8) is 0 Å². The molecule has 27 heavy (non-hydrogen) atoms. The molecule has 3 aromatic rings. The quantitative estimate of drug-likeness (QED) is 0.432. The Kier molecular flexibility index (Phi) is 5.02. The Labute approximate surface area is 169 Å². The fourth-order valence-corrected chi connectivity index (χ4v) is 3.20. The average Bonchev–Trinajstić information content (AvgIpc) is 3.40. The first-order chi connectivity index (χ1) is 13.1. The lowest BCUT2D eigenvalue weighted by molar-refractivity contribution is -0.111. The summed E-state index contributed by atoms with van der Waals surface area (Å²) in [6.45, 7) is 0. The van der Waals surface area contributed by atoms with Crippen LogP contribution in [0, 0.1) is 9.39 Å². The zero-order chi connectivity index (χ0) is 18.8. The van der Waals surface area contributed by atoms with Crippen LogP contribution in [-0.2, 0) is 4.79 Å². The van der Waals surface area contributed by atoms with Gasteiger partial charge in [-0.3, -0.25) is 14.5 Å². The fraction of sp³-hybridized carbons (Fsp3) is 0.150. The lowest BCUT2D eigenvalue weighted by Gasteiger charge is -2.05. The molecular weight excluding hydrogens is 458 g/mol. The highest BCUT2D eigenvalue weighted by Crippen LogP contribution is 2.35. The predicted octanol–water partition coefficient (Wildman–Crippen LogP) is 4.68. The second-order valence-electron chi connectivity index (χ2n) is 6.35. The van der Waals surface area contributed by atoms with E-state index in [4.69, 9.17) is 0 Å². The molecule has 1 N–H and O–H groups in total. The van der Waals surface area contributed by atoms with Gasteiger partial charge >= 0.3 is 0 Å². The first-order valence-corrected chi connectivity index (χ1v) is 9.61. The zero-order valence-corrected chi connectivity index (χ0v) is 16.4. The van der Waals surface area contributed by atoms with Gasteiger partial charge in [-0.25, -0.2) is 4.39 Å². The summed E-state index contributed by atoms with van der Waals surface area (Å²) in [6, 6.07) is 7.06. The molecule has 7 heteroatoms. The number of benzene rings is 1. The molecule has 2 heterocycles. The van der Waals surface area contributed by atoms with Crippen LogP contribution in [0.2, 0.25) is 0 Å². The number of nitrogens with one attached hydrogen (secondary N) is 1. The van der Waals surface area contributed by atoms with E-state index in [0.29, 0.717) is 6.04 Å². The monoisotopic (exact) mass is 474 g/mol. The van der Waals surface area contributed by atoms with E-state index < -0.39 is 11.7 Å². The summed E-state index contributed by atoms with van der Waals surface area (Å²) in [5.41, 5.74) is 2.88. The van der Waals surface area contributed by atoms with Gasteiger partial charge in [0, 0.05) is 39.4 Å². The highest BCUT2D eigenvalue weighted by molar-refractivity contribution is 14.1. The van der Waals surface area contributed by atoms with E-state index in [9.17, 15) is 9.18 Å². The van der Waals surface area contributed by atoms with E-state index in [1.54, 1.807) is 30.6 Å². The van der Waals surface area contributed by atoms with Gasteiger partial charge in [0.1, 0.15) is 5.82 Å². The number of halogens is 2. The summed E-state index contributed by atoms with van der Waals surface area (Å²) in [4.78, 5) is 16.3. The minimum atomic E-state index is -0.460. The van der Waals surface area contributed by atoms with Crippen molar-refractivity contribution in [3.05, 3.63) is 70.1 Å². The SMILES string of the molecule is O=C(C=Cc1cnccc1-c1cnn(C2CC2)c1)Nc1ccc(I)cc1F. The van der Waals surface area contributed by atoms with E-state index in [1.165, 1.54) is 25.0 Å². The molecule has 4 rings (SSSR count). The third-order valence-corrected chi connectivity index (χ3v) is 4.96. The van der Waals surface area contributed by atoms with Crippen LogP contribution >= 0.6 is 22.6 Å². The van der Waals surface area contributed by atoms with Crippen molar-refractivity contribution in [2.75, 3.05) is 5.32 Å². The first kappa shape index (κ1) is 17.8. The number of carbonyl (C=O) groups excluding carboxylic acids is 1. The van der Waals surface area contributed by atoms with E-state index in [-0.39, 0.29) is 5.69 Å². The predicted molar refractivity (Wildman–Crippen MR) is 111 cm³/mol. The van der Waals surface area contributed by atoms with Gasteiger partial charge in [-0.2, -0.15) is 5.10 Å². The molecule has 1 fully saturated rings. The summed E-state index contributed by atoms with van der Waals surface area (Å²) in [5.74, 6) is -0.864. The average molecular weight is 474 g/mol. The molecule has 0 unspecified atom stereocenters. The Morgan fingerprint density at radius 1 is 1.30 bits per heavy atom. The maximum Gasteiger partial charge on any atom is 0.248 e. The molecular formula is C20H16FIN4O. The number of pyridine rings is 1. The number of nitrogens with zero attached hydrogens (tertiary/aromatic N) is 3. The van der Waals surface area contributed by atoms with Gasteiger partial charge in [-0.15, -0.1) is 0 Å². The van der Waals surface area contributed by atoms with E-state index >= 15 is 0 Å². The van der Waals surface area contributed by atoms with Gasteiger partial charge in [0.05, 0.1) is 17.9 Å². The lowest BCUT2D eigenvalue weighted by Crippen LogP contribution is -2.09. The van der Waals surface area contributed by atoms with E-state index in [1.807, 2.05) is 45.7 Å². The van der Waals surface area contributed by atoms with Crippen molar-refractivity contribution in [2.24, 2.45) is 0 Å². The number of anilines is 1. The summed E-state index contributed by atoms with van der Waals surface area (Å²) in [7, 11) is 0. The minimum absolute atomic E-state index is 0.155. The van der Waals surface area contributed by atoms with E-state index in [2.05, 4.69) is 15.4 Å². The molecule has 1 aliphatic rings. The van der Waals surface area contributed by atoms with Crippen molar-refractivity contribution in [1.82, 2.24) is 14.8 Å². The van der Waals surface area contributed by atoms with Crippen LogP contribution < -0.4 is 5.32 Å². The van der Waals surface area contributed by atoms with Crippen LogP contribution in [0.15, 0.2) is 55.1 Å². The van der Waals surface area contributed by atoms with Gasteiger partial charge < -0.3 is 5.32 Å². The van der Waals surface area contributed by atoms with Gasteiger partial charge in [0.25, 0.3) is 0 Å². The third kappa shape index (κ3) is 4.24. The number of amides is 1. The van der Waals surface area contributed by atoms with Crippen molar-refractivity contribution in [1.29, 1.82) is 0 Å². The largest absolute Gasteiger partial charge is 0.320 e. The zero-order valence-electron chi connectivity index (χ0n) is 14.3. The molecule has 0 atom stereocenters. The van der Waals surface area contributed by atoms with Crippen LogP contribution in [0.25, 0.3) is 17.2 Å². The number of rotatable bonds is 5. The third-order valence-electron chi connectivity index (χ3n) is 4.29. The molecule has 5 nitrogen and oxygen atoms in total. The molecule has 0 bridgehead atoms. The maximum absolute atomic E-state index is 13.9. The van der Waals surface area contributed by atoms with E-state index in [0.717, 1.165) is 20.3 Å². The second kappa shape index (κ2) is 7.59. The molecule has 1 aromatic carbocycles. The Balaban J connectivity index is 1.52. The van der Waals surface area contributed by atoms with Gasteiger partial charge in [-0.1, -0.05) is 0 Å². The summed E-state index contributed by atoms with van der Waals surface area (Å²) in [5, 5.41) is 6.97. The van der Waals surface area contributed by atoms with Crippen LogP contribution in [0.4, 0.5) is 10.1 Å². The Morgan fingerprint density at radius 2 is 2.15 bits per heavy atom. The molecule has 0 spiro atoms. The number of carbonyl (C=O) groups is 1. The van der Waals surface area contributed by atoms with Gasteiger partial charge in [-0.05, 0) is 71.3 Å². The maximum atomic E-state index is 13.9. The smallest absolute Gasteiger partial charge is 0.248 e. The first-order valence-electron chi connectivity index (χ1n) is 8.53. The number of hydrogen-bond acceptors (Lipinski definition) is 3. The normalized spacial score (nSPS) is 13.9. The van der Waals surface area contributed by atoms with Crippen LogP contribution in [0.1, 0.15) is 24.4 Å². The standard InChI is InChI=1S/C20H16FIN4O/c21-18-9-15(22)2-5-19(18)25-20(27)6-1-13-10-23-8-7-17(13)14-11-24-26(12-14)16-3-4-16/h1-2,5-12,16H,3-4H2,(H,25,27). The fourth-order valence-electron chi connectivity index (χ4n) is 2.75. The van der Waals surface area contributed by atoms with Gasteiger partial charge in [0.15, 0.2) is 0 Å². The van der Waals surface area contributed by atoms with Crippen molar-refractivity contribution < 1.29 is 9.18 Å². The molecule has 0 aliphatic heterocycles. The number of aromatic nitrogens is 3. The lowest BCUT2D eigenvalue weighted by atomic mass is 10.0. The molecule has 1 aliphatic carbocycles. The van der Waals surface area contributed by atoms with Crippen LogP contribution in [0.5, 0.6) is 0 Å². The topological polar surface area (TPSA) is 59.8 Å². The molecule has 136 valence electrons. The Morgan fingerprint density at radius 3 is 2.93 bits per heavy atom. The van der Waals surface area contributed by atoms with Crippen molar-refractivity contribution in [2.45, 2.75) is 18.9 Å². The molecule has 0 radical (unpaired) electrons. The van der Waals surface area contributed by atoms with Crippen LogP contribution in [-0.4, -0.2) is 20.7 Å². The summed E-state index contributed by atoms with van der Waals surface area (Å²) in [6.07, 6.45) is 12.6. The summed E-state index contributed by atoms with van der Waals surface area (Å²) >= 11 is 2.02. The summed E-state index contributed by atoms with van der Waals surface area (Å²) < 4.78 is 16.6. The van der Waals surface area contributed by atoms with Gasteiger partial charge in [0.2, 0.25) is 5.91 Å². The number of hydrogen-bond donors (Lipinski definition) is 1. The van der Waals surface area contributed by atoms with Crippen LogP contribution in [0.3, 0.4) is 0 Å². The Bertz CT molecular complexity index is 1030.